The zero-order valence-electron chi connectivity index (χ0n) is 9.86. The van der Waals surface area contributed by atoms with E-state index in [2.05, 4.69) is 20.8 Å². The Morgan fingerprint density at radius 3 is 2.82 bits per heavy atom. The van der Waals surface area contributed by atoms with Gasteiger partial charge in [0.25, 0.3) is 0 Å². The average Bonchev–Trinajstić information content (AvgIpc) is 2.29. The number of benzene rings is 1. The second kappa shape index (κ2) is 5.76. The SMILES string of the molecule is CC1CN(CC(=O)c2ccc(Br)cc2)CCO1. The molecule has 92 valence electrons. The van der Waals surface area contributed by atoms with Gasteiger partial charge in [0.1, 0.15) is 0 Å². The van der Waals surface area contributed by atoms with Crippen molar-refractivity contribution in [2.24, 2.45) is 0 Å². The van der Waals surface area contributed by atoms with E-state index in [1.807, 2.05) is 31.2 Å². The number of ether oxygens (including phenoxy) is 1. The lowest BCUT2D eigenvalue weighted by Crippen LogP contribution is -2.43. The molecule has 3 nitrogen and oxygen atoms in total. The van der Waals surface area contributed by atoms with Gasteiger partial charge in [-0.3, -0.25) is 9.69 Å². The van der Waals surface area contributed by atoms with Gasteiger partial charge in [-0.25, -0.2) is 0 Å². The zero-order chi connectivity index (χ0) is 12.3. The number of Topliss-reactive ketones (excluding diaryl/α,β-unsaturated/α-hetero) is 1. The summed E-state index contributed by atoms with van der Waals surface area (Å²) in [6, 6.07) is 7.51. The Hall–Kier alpha value is -0.710. The fourth-order valence-corrected chi connectivity index (χ4v) is 2.23. The number of morpholine rings is 1. The molecule has 1 fully saturated rings. The van der Waals surface area contributed by atoms with Crippen LogP contribution in [0.15, 0.2) is 28.7 Å². The summed E-state index contributed by atoms with van der Waals surface area (Å²) in [7, 11) is 0. The molecule has 1 unspecified atom stereocenters. The van der Waals surface area contributed by atoms with Crippen LogP contribution >= 0.6 is 15.9 Å². The molecule has 1 heterocycles. The van der Waals surface area contributed by atoms with Crippen molar-refractivity contribution in [3.63, 3.8) is 0 Å². The first kappa shape index (κ1) is 12.7. The maximum absolute atomic E-state index is 12.0. The van der Waals surface area contributed by atoms with Crippen molar-refractivity contribution in [1.82, 2.24) is 4.90 Å². The van der Waals surface area contributed by atoms with E-state index in [-0.39, 0.29) is 11.9 Å². The second-order valence-electron chi connectivity index (χ2n) is 4.35. The van der Waals surface area contributed by atoms with Gasteiger partial charge < -0.3 is 4.74 Å². The molecule has 1 aromatic rings. The van der Waals surface area contributed by atoms with Crippen molar-refractivity contribution in [1.29, 1.82) is 0 Å². The van der Waals surface area contributed by atoms with E-state index < -0.39 is 0 Å². The molecule has 0 bridgehead atoms. The highest BCUT2D eigenvalue weighted by atomic mass is 79.9. The van der Waals surface area contributed by atoms with Crippen LogP contribution in [0, 0.1) is 0 Å². The van der Waals surface area contributed by atoms with Crippen LogP contribution in [-0.4, -0.2) is 43.0 Å². The normalized spacial score (nSPS) is 21.4. The van der Waals surface area contributed by atoms with Crippen molar-refractivity contribution in [2.75, 3.05) is 26.2 Å². The van der Waals surface area contributed by atoms with E-state index in [1.54, 1.807) is 0 Å². The van der Waals surface area contributed by atoms with E-state index >= 15 is 0 Å². The highest BCUT2D eigenvalue weighted by Gasteiger charge is 2.19. The molecule has 1 atom stereocenters. The fourth-order valence-electron chi connectivity index (χ4n) is 1.96. The van der Waals surface area contributed by atoms with Gasteiger partial charge in [0.05, 0.1) is 19.3 Å². The van der Waals surface area contributed by atoms with Gasteiger partial charge >= 0.3 is 0 Å². The zero-order valence-corrected chi connectivity index (χ0v) is 11.4. The minimum atomic E-state index is 0.173. The van der Waals surface area contributed by atoms with Gasteiger partial charge in [0.2, 0.25) is 0 Å². The van der Waals surface area contributed by atoms with Crippen molar-refractivity contribution in [3.05, 3.63) is 34.3 Å². The number of nitrogens with zero attached hydrogens (tertiary/aromatic N) is 1. The molecule has 17 heavy (non-hydrogen) atoms. The lowest BCUT2D eigenvalue weighted by atomic mass is 10.1. The van der Waals surface area contributed by atoms with Crippen molar-refractivity contribution in [3.8, 4) is 0 Å². The summed E-state index contributed by atoms with van der Waals surface area (Å²) < 4.78 is 6.45. The minimum Gasteiger partial charge on any atom is -0.376 e. The number of ketones is 1. The summed E-state index contributed by atoms with van der Waals surface area (Å²) in [5, 5.41) is 0. The first-order valence-electron chi connectivity index (χ1n) is 5.78. The molecule has 2 rings (SSSR count). The van der Waals surface area contributed by atoms with Gasteiger partial charge in [0.15, 0.2) is 5.78 Å². The molecule has 1 saturated heterocycles. The van der Waals surface area contributed by atoms with Crippen molar-refractivity contribution >= 4 is 21.7 Å². The summed E-state index contributed by atoms with van der Waals surface area (Å²) in [6.07, 6.45) is 0.224. The third-order valence-corrected chi connectivity index (χ3v) is 3.39. The average molecular weight is 298 g/mol. The second-order valence-corrected chi connectivity index (χ2v) is 5.26. The number of hydrogen-bond acceptors (Lipinski definition) is 3. The summed E-state index contributed by atoms with van der Waals surface area (Å²) in [4.78, 5) is 14.2. The molecule has 0 saturated carbocycles. The van der Waals surface area contributed by atoms with Crippen LogP contribution in [0.2, 0.25) is 0 Å². The molecule has 0 amide bonds. The molecule has 1 aliphatic heterocycles. The standard InChI is InChI=1S/C13H16BrNO2/c1-10-8-15(6-7-17-10)9-13(16)11-2-4-12(14)5-3-11/h2-5,10H,6-9H2,1H3. The maximum atomic E-state index is 12.0. The molecule has 0 spiro atoms. The van der Waals surface area contributed by atoms with Crippen LogP contribution < -0.4 is 0 Å². The van der Waals surface area contributed by atoms with E-state index in [0.29, 0.717) is 6.54 Å². The first-order chi connectivity index (χ1) is 8.15. The third kappa shape index (κ3) is 3.63. The summed E-state index contributed by atoms with van der Waals surface area (Å²) >= 11 is 3.36. The topological polar surface area (TPSA) is 29.5 Å². The predicted octanol–water partition coefficient (Wildman–Crippen LogP) is 2.35. The Kier molecular flexibility index (Phi) is 4.31. The summed E-state index contributed by atoms with van der Waals surface area (Å²) in [5.74, 6) is 0.173. The van der Waals surface area contributed by atoms with E-state index in [1.165, 1.54) is 0 Å². The molecule has 1 aliphatic rings. The number of rotatable bonds is 3. The Balaban J connectivity index is 1.94. The molecule has 1 aromatic carbocycles. The minimum absolute atomic E-state index is 0.173. The molecule has 4 heteroatoms. The largest absolute Gasteiger partial charge is 0.376 e. The molecular weight excluding hydrogens is 282 g/mol. The van der Waals surface area contributed by atoms with Crippen molar-refractivity contribution in [2.45, 2.75) is 13.0 Å². The van der Waals surface area contributed by atoms with Gasteiger partial charge in [-0.1, -0.05) is 28.1 Å². The van der Waals surface area contributed by atoms with Gasteiger partial charge in [-0.15, -0.1) is 0 Å². The van der Waals surface area contributed by atoms with Gasteiger partial charge in [-0.05, 0) is 19.1 Å². The number of halogens is 1. The number of carbonyl (C=O) groups excluding carboxylic acids is 1. The van der Waals surface area contributed by atoms with Crippen molar-refractivity contribution < 1.29 is 9.53 Å². The molecule has 0 N–H and O–H groups in total. The maximum Gasteiger partial charge on any atom is 0.176 e. The van der Waals surface area contributed by atoms with E-state index in [0.717, 1.165) is 29.7 Å². The quantitative estimate of drug-likeness (QED) is 0.802. The molecule has 0 aliphatic carbocycles. The molecule has 0 radical (unpaired) electrons. The van der Waals surface area contributed by atoms with Crippen LogP contribution in [0.4, 0.5) is 0 Å². The Bertz CT molecular complexity index is 391. The lowest BCUT2D eigenvalue weighted by Gasteiger charge is -2.30. The first-order valence-corrected chi connectivity index (χ1v) is 6.57. The Morgan fingerprint density at radius 2 is 2.18 bits per heavy atom. The van der Waals surface area contributed by atoms with E-state index in [9.17, 15) is 4.79 Å². The highest BCUT2D eigenvalue weighted by molar-refractivity contribution is 9.10. The highest BCUT2D eigenvalue weighted by Crippen LogP contribution is 2.12. The van der Waals surface area contributed by atoms with Crippen LogP contribution in [-0.2, 0) is 4.74 Å². The van der Waals surface area contributed by atoms with Crippen LogP contribution in [0.5, 0.6) is 0 Å². The third-order valence-electron chi connectivity index (χ3n) is 2.86. The van der Waals surface area contributed by atoms with Gasteiger partial charge in [0, 0.05) is 23.1 Å². The molecular formula is C13H16BrNO2. The van der Waals surface area contributed by atoms with Crippen LogP contribution in [0.25, 0.3) is 0 Å². The smallest absolute Gasteiger partial charge is 0.176 e. The van der Waals surface area contributed by atoms with Crippen LogP contribution in [0.3, 0.4) is 0 Å². The monoisotopic (exact) mass is 297 g/mol. The summed E-state index contributed by atoms with van der Waals surface area (Å²) in [6.45, 7) is 4.91. The number of carbonyl (C=O) groups is 1. The van der Waals surface area contributed by atoms with E-state index in [4.69, 9.17) is 4.74 Å². The Morgan fingerprint density at radius 1 is 1.47 bits per heavy atom. The molecule has 0 aromatic heterocycles. The van der Waals surface area contributed by atoms with Gasteiger partial charge in [-0.2, -0.15) is 0 Å². The Labute approximate surface area is 110 Å². The summed E-state index contributed by atoms with van der Waals surface area (Å²) in [5.41, 5.74) is 0.771. The lowest BCUT2D eigenvalue weighted by molar-refractivity contribution is -0.0158. The van der Waals surface area contributed by atoms with Crippen LogP contribution in [0.1, 0.15) is 17.3 Å². The predicted molar refractivity (Wildman–Crippen MR) is 70.3 cm³/mol. The number of hydrogen-bond donors (Lipinski definition) is 0. The fraction of sp³-hybridized carbons (Fsp3) is 0.462.